The van der Waals surface area contributed by atoms with Crippen molar-refractivity contribution in [3.05, 3.63) is 40.1 Å². The minimum atomic E-state index is -0.583. The van der Waals surface area contributed by atoms with Crippen molar-refractivity contribution in [3.8, 4) is 17.2 Å². The molecular formula is C17H17BN4OS. The third-order valence-electron chi connectivity index (χ3n) is 4.45. The van der Waals surface area contributed by atoms with Crippen LogP contribution in [0.15, 0.2) is 29.6 Å². The highest BCUT2D eigenvalue weighted by Crippen LogP contribution is 2.34. The van der Waals surface area contributed by atoms with Crippen molar-refractivity contribution in [2.24, 2.45) is 0 Å². The smallest absolute Gasteiger partial charge is 0.231 e. The zero-order chi connectivity index (χ0) is 17.5. The Labute approximate surface area is 145 Å². The SMILES string of the molecule is Bc1c(-c2cccc(C#N)c2)csc1[C@]1(C)CC(=O)N(C)C(=N)N1. The summed E-state index contributed by atoms with van der Waals surface area (Å²) in [6.45, 7) is 1.96. The van der Waals surface area contributed by atoms with Crippen LogP contribution in [0.1, 0.15) is 23.8 Å². The highest BCUT2D eigenvalue weighted by atomic mass is 32.1. The second-order valence-electron chi connectivity index (χ2n) is 6.23. The number of hydrogen-bond acceptors (Lipinski definition) is 4. The number of guanidine groups is 1. The summed E-state index contributed by atoms with van der Waals surface area (Å²) in [6, 6.07) is 9.68. The summed E-state index contributed by atoms with van der Waals surface area (Å²) >= 11 is 1.58. The van der Waals surface area contributed by atoms with Gasteiger partial charge in [0.05, 0.1) is 23.6 Å². The summed E-state index contributed by atoms with van der Waals surface area (Å²) in [7, 11) is 3.64. The topological polar surface area (TPSA) is 80.0 Å². The highest BCUT2D eigenvalue weighted by molar-refractivity contribution is 7.11. The Bertz CT molecular complexity index is 865. The fourth-order valence-corrected chi connectivity index (χ4v) is 4.29. The van der Waals surface area contributed by atoms with Crippen LogP contribution in [-0.2, 0) is 10.3 Å². The summed E-state index contributed by atoms with van der Waals surface area (Å²) in [6.07, 6.45) is 0.310. The first kappa shape index (κ1) is 16.3. The van der Waals surface area contributed by atoms with E-state index in [-0.39, 0.29) is 11.9 Å². The van der Waals surface area contributed by atoms with Crippen LogP contribution in [0.5, 0.6) is 0 Å². The molecule has 0 aliphatic carbocycles. The molecule has 1 saturated heterocycles. The van der Waals surface area contributed by atoms with Crippen LogP contribution in [0.25, 0.3) is 11.1 Å². The van der Waals surface area contributed by atoms with Gasteiger partial charge in [0.2, 0.25) is 5.91 Å². The summed E-state index contributed by atoms with van der Waals surface area (Å²) in [4.78, 5) is 14.6. The summed E-state index contributed by atoms with van der Waals surface area (Å²) < 4.78 is 0. The van der Waals surface area contributed by atoms with Gasteiger partial charge in [0.25, 0.3) is 0 Å². The van der Waals surface area contributed by atoms with Gasteiger partial charge in [0, 0.05) is 11.9 Å². The molecule has 0 spiro atoms. The number of amides is 1. The first-order valence-electron chi connectivity index (χ1n) is 7.58. The van der Waals surface area contributed by atoms with E-state index >= 15 is 0 Å². The van der Waals surface area contributed by atoms with Gasteiger partial charge in [0.15, 0.2) is 5.96 Å². The van der Waals surface area contributed by atoms with Crippen LogP contribution in [0.2, 0.25) is 0 Å². The van der Waals surface area contributed by atoms with Crippen molar-refractivity contribution < 1.29 is 4.79 Å². The maximum Gasteiger partial charge on any atom is 0.231 e. The Balaban J connectivity index is 2.03. The summed E-state index contributed by atoms with van der Waals surface area (Å²) in [5.74, 6) is 0.0525. The largest absolute Gasteiger partial charge is 0.346 e. The van der Waals surface area contributed by atoms with Crippen molar-refractivity contribution >= 4 is 36.5 Å². The third-order valence-corrected chi connectivity index (χ3v) is 5.80. The highest BCUT2D eigenvalue weighted by Gasteiger charge is 2.39. The Morgan fingerprint density at radius 3 is 2.92 bits per heavy atom. The Kier molecular flexibility index (Phi) is 3.94. The number of thiophene rings is 1. The molecule has 1 aromatic heterocycles. The quantitative estimate of drug-likeness (QED) is 0.808. The van der Waals surface area contributed by atoms with Crippen molar-refractivity contribution in [1.82, 2.24) is 10.2 Å². The van der Waals surface area contributed by atoms with Crippen molar-refractivity contribution in [2.75, 3.05) is 7.05 Å². The van der Waals surface area contributed by atoms with Crippen LogP contribution in [0.4, 0.5) is 0 Å². The average molecular weight is 336 g/mol. The van der Waals surface area contributed by atoms with Crippen LogP contribution in [0.3, 0.4) is 0 Å². The van der Waals surface area contributed by atoms with E-state index in [9.17, 15) is 4.79 Å². The van der Waals surface area contributed by atoms with Crippen molar-refractivity contribution in [2.45, 2.75) is 18.9 Å². The number of nitrogens with zero attached hydrogens (tertiary/aromatic N) is 2. The lowest BCUT2D eigenvalue weighted by Crippen LogP contribution is -2.58. The number of nitrogens with one attached hydrogen (secondary N) is 2. The third kappa shape index (κ3) is 2.59. The minimum Gasteiger partial charge on any atom is -0.346 e. The van der Waals surface area contributed by atoms with E-state index in [1.165, 1.54) is 4.90 Å². The maximum absolute atomic E-state index is 12.2. The summed E-state index contributed by atoms with van der Waals surface area (Å²) in [5.41, 5.74) is 3.18. The zero-order valence-electron chi connectivity index (χ0n) is 13.8. The second kappa shape index (κ2) is 5.80. The van der Waals surface area contributed by atoms with Gasteiger partial charge in [-0.2, -0.15) is 5.26 Å². The predicted molar refractivity (Wildman–Crippen MR) is 98.2 cm³/mol. The lowest BCUT2D eigenvalue weighted by molar-refractivity contribution is -0.129. The van der Waals surface area contributed by atoms with Crippen molar-refractivity contribution in [1.29, 1.82) is 10.7 Å². The molecular weight excluding hydrogens is 319 g/mol. The van der Waals surface area contributed by atoms with Gasteiger partial charge in [-0.25, -0.2) is 0 Å². The van der Waals surface area contributed by atoms with E-state index in [0.717, 1.165) is 21.5 Å². The molecule has 2 N–H and O–H groups in total. The molecule has 5 nitrogen and oxygen atoms in total. The van der Waals surface area contributed by atoms with E-state index in [1.807, 2.05) is 33.0 Å². The zero-order valence-corrected chi connectivity index (χ0v) is 14.6. The minimum absolute atomic E-state index is 0.0675. The monoisotopic (exact) mass is 336 g/mol. The van der Waals surface area contributed by atoms with Crippen LogP contribution in [-0.4, -0.2) is 31.7 Å². The van der Waals surface area contributed by atoms with Crippen LogP contribution < -0.4 is 10.8 Å². The molecule has 2 aromatic rings. The molecule has 1 aromatic carbocycles. The fraction of sp³-hybridized carbons (Fsp3) is 0.235. The molecule has 0 bridgehead atoms. The molecule has 1 aliphatic rings. The molecule has 1 fully saturated rings. The lowest BCUT2D eigenvalue weighted by Gasteiger charge is -2.39. The molecule has 0 saturated carbocycles. The van der Waals surface area contributed by atoms with Gasteiger partial charge in [-0.15, -0.1) is 11.3 Å². The van der Waals surface area contributed by atoms with Gasteiger partial charge in [-0.1, -0.05) is 17.6 Å². The molecule has 0 unspecified atom stereocenters. The van der Waals surface area contributed by atoms with Crippen LogP contribution in [0, 0.1) is 16.7 Å². The number of benzene rings is 1. The van der Waals surface area contributed by atoms with Gasteiger partial charge in [-0.05, 0) is 35.6 Å². The van der Waals surface area contributed by atoms with Gasteiger partial charge in [-0.3, -0.25) is 15.1 Å². The number of carbonyl (C=O) groups is 1. The first-order valence-corrected chi connectivity index (χ1v) is 8.46. The van der Waals surface area contributed by atoms with Gasteiger partial charge >= 0.3 is 0 Å². The number of hydrogen-bond donors (Lipinski definition) is 2. The Hall–Kier alpha value is -2.59. The molecule has 24 heavy (non-hydrogen) atoms. The van der Waals surface area contributed by atoms with Crippen LogP contribution >= 0.6 is 11.3 Å². The summed E-state index contributed by atoms with van der Waals surface area (Å²) in [5, 5.41) is 22.3. The number of carbonyl (C=O) groups excluding carboxylic acids is 1. The molecule has 1 amide bonds. The first-order chi connectivity index (χ1) is 11.4. The van der Waals surface area contributed by atoms with E-state index in [1.54, 1.807) is 24.5 Å². The second-order valence-corrected chi connectivity index (χ2v) is 7.11. The van der Waals surface area contributed by atoms with E-state index < -0.39 is 5.54 Å². The maximum atomic E-state index is 12.2. The molecule has 3 rings (SSSR count). The molecule has 1 atom stereocenters. The van der Waals surface area contributed by atoms with E-state index in [2.05, 4.69) is 16.8 Å². The predicted octanol–water partition coefficient (Wildman–Crippen LogP) is 1.15. The molecule has 0 radical (unpaired) electrons. The molecule has 120 valence electrons. The fourth-order valence-electron chi connectivity index (χ4n) is 3.07. The standard InChI is InChI=1S/C17H17BN4OS/c1-17(7-13(23)22(2)16(20)21-17)15-14(18)12(9-24-15)11-5-3-4-10(6-11)8-19/h3-6,9H,7,18H2,1-2H3,(H2,20,21)/t17-/m0/s1. The molecule has 1 aliphatic heterocycles. The van der Waals surface area contributed by atoms with E-state index in [0.29, 0.717) is 12.0 Å². The average Bonchev–Trinajstić information content (AvgIpc) is 2.95. The lowest BCUT2D eigenvalue weighted by atomic mass is 9.81. The molecule has 2 heterocycles. The molecule has 7 heteroatoms. The van der Waals surface area contributed by atoms with E-state index in [4.69, 9.17) is 10.7 Å². The van der Waals surface area contributed by atoms with Crippen molar-refractivity contribution in [3.63, 3.8) is 0 Å². The number of rotatable bonds is 2. The normalized spacial score (nSPS) is 20.6. The Morgan fingerprint density at radius 1 is 1.50 bits per heavy atom. The number of nitriles is 1. The van der Waals surface area contributed by atoms with Gasteiger partial charge < -0.3 is 5.32 Å². The Morgan fingerprint density at radius 2 is 2.25 bits per heavy atom. The van der Waals surface area contributed by atoms with Gasteiger partial charge in [0.1, 0.15) is 7.85 Å².